The number of amides is 1. The Kier molecular flexibility index (Phi) is 4.58. The summed E-state index contributed by atoms with van der Waals surface area (Å²) < 4.78 is 0.600. The van der Waals surface area contributed by atoms with Crippen LogP contribution in [-0.4, -0.2) is 20.9 Å². The molecule has 0 aromatic carbocycles. The van der Waals surface area contributed by atoms with Crippen LogP contribution in [0.15, 0.2) is 29.1 Å². The Bertz CT molecular complexity index is 668. The fourth-order valence-corrected chi connectivity index (χ4v) is 1.99. The predicted octanol–water partition coefficient (Wildman–Crippen LogP) is 3.84. The van der Waals surface area contributed by atoms with Gasteiger partial charge in [-0.2, -0.15) is 0 Å². The second kappa shape index (κ2) is 6.07. The van der Waals surface area contributed by atoms with Crippen molar-refractivity contribution in [3.8, 4) is 0 Å². The summed E-state index contributed by atoms with van der Waals surface area (Å²) in [5, 5.41) is 2.96. The molecule has 5 nitrogen and oxygen atoms in total. The van der Waals surface area contributed by atoms with Crippen LogP contribution in [-0.2, 0) is 5.41 Å². The summed E-state index contributed by atoms with van der Waals surface area (Å²) in [5.41, 5.74) is 0.990. The van der Waals surface area contributed by atoms with E-state index in [0.29, 0.717) is 16.0 Å². The van der Waals surface area contributed by atoms with Gasteiger partial charge in [0.15, 0.2) is 5.82 Å². The molecule has 2 aromatic rings. The van der Waals surface area contributed by atoms with E-state index in [1.165, 1.54) is 18.5 Å². The molecule has 2 rings (SSSR count). The van der Waals surface area contributed by atoms with Gasteiger partial charge in [0.1, 0.15) is 9.76 Å². The summed E-state index contributed by atoms with van der Waals surface area (Å²) in [6.45, 7) is 6.02. The molecule has 2 aromatic heterocycles. The van der Waals surface area contributed by atoms with Gasteiger partial charge in [-0.3, -0.25) is 4.79 Å². The highest BCUT2D eigenvalue weighted by molar-refractivity contribution is 9.10. The Morgan fingerprint density at radius 2 is 1.95 bits per heavy atom. The van der Waals surface area contributed by atoms with Crippen molar-refractivity contribution in [3.63, 3.8) is 0 Å². The Hall–Kier alpha value is -1.53. The van der Waals surface area contributed by atoms with Gasteiger partial charge < -0.3 is 5.32 Å². The fraction of sp³-hybridized carbons (Fsp3) is 0.286. The molecule has 0 saturated carbocycles. The molecule has 0 bridgehead atoms. The molecule has 0 unspecified atom stereocenters. The third-order valence-electron chi connectivity index (χ3n) is 2.69. The topological polar surface area (TPSA) is 67.8 Å². The van der Waals surface area contributed by atoms with Gasteiger partial charge in [-0.1, -0.05) is 32.4 Å². The number of pyridine rings is 1. The highest BCUT2D eigenvalue weighted by Gasteiger charge is 2.19. The molecule has 0 atom stereocenters. The molecule has 2 heterocycles. The molecule has 0 aliphatic carbocycles. The van der Waals surface area contributed by atoms with Crippen LogP contribution in [0.4, 0.5) is 5.82 Å². The molecule has 7 heteroatoms. The lowest BCUT2D eigenvalue weighted by Crippen LogP contribution is -2.18. The summed E-state index contributed by atoms with van der Waals surface area (Å²) in [6, 6.07) is 3.26. The first-order chi connectivity index (χ1) is 9.75. The van der Waals surface area contributed by atoms with Gasteiger partial charge in [-0.25, -0.2) is 15.0 Å². The van der Waals surface area contributed by atoms with Crippen LogP contribution in [0.1, 0.15) is 36.8 Å². The van der Waals surface area contributed by atoms with Crippen molar-refractivity contribution in [1.29, 1.82) is 0 Å². The zero-order chi connectivity index (χ0) is 15.6. The molecule has 110 valence electrons. The maximum atomic E-state index is 12.3. The monoisotopic (exact) mass is 368 g/mol. The maximum absolute atomic E-state index is 12.3. The number of rotatable bonds is 2. The number of nitrogens with zero attached hydrogens (tertiary/aromatic N) is 3. The van der Waals surface area contributed by atoms with Crippen LogP contribution in [0.3, 0.4) is 0 Å². The van der Waals surface area contributed by atoms with Gasteiger partial charge in [-0.05, 0) is 28.1 Å². The Morgan fingerprint density at radius 3 is 2.52 bits per heavy atom. The van der Waals surface area contributed by atoms with E-state index in [2.05, 4.69) is 36.2 Å². The number of carbonyl (C=O) groups is 1. The Balaban J connectivity index is 2.27. The lowest BCUT2D eigenvalue weighted by molar-refractivity contribution is 0.102. The first kappa shape index (κ1) is 15.9. The van der Waals surface area contributed by atoms with E-state index < -0.39 is 0 Å². The highest BCUT2D eigenvalue weighted by Crippen LogP contribution is 2.23. The summed E-state index contributed by atoms with van der Waals surface area (Å²) in [6.07, 6.45) is 2.98. The molecule has 0 radical (unpaired) electrons. The van der Waals surface area contributed by atoms with Crippen molar-refractivity contribution in [3.05, 3.63) is 45.5 Å². The van der Waals surface area contributed by atoms with Crippen molar-refractivity contribution < 1.29 is 4.79 Å². The summed E-state index contributed by atoms with van der Waals surface area (Å²) >= 11 is 9.18. The van der Waals surface area contributed by atoms with Gasteiger partial charge in [0.05, 0.1) is 12.4 Å². The molecule has 1 N–H and O–H groups in total. The average molecular weight is 370 g/mol. The van der Waals surface area contributed by atoms with Gasteiger partial charge in [0.25, 0.3) is 5.91 Å². The number of nitrogens with one attached hydrogen (secondary N) is 1. The smallest absolute Gasteiger partial charge is 0.257 e. The molecule has 0 aliphatic heterocycles. The van der Waals surface area contributed by atoms with E-state index in [0.717, 1.165) is 5.69 Å². The van der Waals surface area contributed by atoms with Crippen molar-refractivity contribution in [2.75, 3.05) is 5.32 Å². The molecular formula is C14H14BrClN4O. The fourth-order valence-electron chi connectivity index (χ4n) is 1.58. The Labute approximate surface area is 136 Å². The van der Waals surface area contributed by atoms with E-state index >= 15 is 0 Å². The van der Waals surface area contributed by atoms with Crippen molar-refractivity contribution in [2.24, 2.45) is 0 Å². The van der Waals surface area contributed by atoms with Crippen molar-refractivity contribution >= 4 is 39.3 Å². The lowest BCUT2D eigenvalue weighted by Gasteiger charge is -2.18. The zero-order valence-electron chi connectivity index (χ0n) is 11.8. The molecule has 0 spiro atoms. The third-order valence-corrected chi connectivity index (χ3v) is 3.29. The highest BCUT2D eigenvalue weighted by atomic mass is 79.9. The van der Waals surface area contributed by atoms with Crippen LogP contribution in [0.2, 0.25) is 5.15 Å². The van der Waals surface area contributed by atoms with Crippen LogP contribution < -0.4 is 5.32 Å². The normalized spacial score (nSPS) is 11.3. The van der Waals surface area contributed by atoms with Gasteiger partial charge in [0.2, 0.25) is 0 Å². The van der Waals surface area contributed by atoms with E-state index in [-0.39, 0.29) is 16.5 Å². The summed E-state index contributed by atoms with van der Waals surface area (Å²) in [5.74, 6) is 0.0647. The summed E-state index contributed by atoms with van der Waals surface area (Å²) in [4.78, 5) is 24.6. The average Bonchev–Trinajstić information content (AvgIpc) is 2.39. The maximum Gasteiger partial charge on any atom is 0.257 e. The molecule has 0 fully saturated rings. The summed E-state index contributed by atoms with van der Waals surface area (Å²) in [7, 11) is 0. The minimum absolute atomic E-state index is 0.197. The van der Waals surface area contributed by atoms with E-state index in [9.17, 15) is 4.79 Å². The number of hydrogen-bond acceptors (Lipinski definition) is 4. The van der Waals surface area contributed by atoms with Gasteiger partial charge >= 0.3 is 0 Å². The van der Waals surface area contributed by atoms with Crippen LogP contribution in [0, 0.1) is 0 Å². The first-order valence-corrected chi connectivity index (χ1v) is 7.40. The van der Waals surface area contributed by atoms with Gasteiger partial charge in [0, 0.05) is 16.7 Å². The second-order valence-corrected chi connectivity index (χ2v) is 6.69. The van der Waals surface area contributed by atoms with E-state index in [1.54, 1.807) is 6.07 Å². The minimum atomic E-state index is -0.304. The first-order valence-electron chi connectivity index (χ1n) is 6.22. The quantitative estimate of drug-likeness (QED) is 0.817. The predicted molar refractivity (Wildman–Crippen MR) is 85.6 cm³/mol. The zero-order valence-corrected chi connectivity index (χ0v) is 14.2. The Morgan fingerprint density at radius 1 is 1.24 bits per heavy atom. The largest absolute Gasteiger partial charge is 0.305 e. The van der Waals surface area contributed by atoms with Crippen LogP contribution in [0.5, 0.6) is 0 Å². The third kappa shape index (κ3) is 4.22. The molecule has 1 amide bonds. The standard InChI is InChI=1S/C14H14BrClN4O/c1-14(2,3)9-4-8(5-11(16)19-9)13(21)20-12-7-17-10(15)6-18-12/h4-7H,1-3H3,(H,18,20,21). The minimum Gasteiger partial charge on any atom is -0.305 e. The number of hydrogen-bond donors (Lipinski definition) is 1. The lowest BCUT2D eigenvalue weighted by atomic mass is 9.91. The van der Waals surface area contributed by atoms with Crippen LogP contribution in [0.25, 0.3) is 0 Å². The van der Waals surface area contributed by atoms with Crippen LogP contribution >= 0.6 is 27.5 Å². The number of halogens is 2. The van der Waals surface area contributed by atoms with Crippen molar-refractivity contribution in [2.45, 2.75) is 26.2 Å². The number of aromatic nitrogens is 3. The molecule has 0 saturated heterocycles. The SMILES string of the molecule is CC(C)(C)c1cc(C(=O)Nc2cnc(Br)cn2)cc(Cl)n1. The molecule has 21 heavy (non-hydrogen) atoms. The second-order valence-electron chi connectivity index (χ2n) is 5.49. The van der Waals surface area contributed by atoms with E-state index in [1.807, 2.05) is 20.8 Å². The molecular weight excluding hydrogens is 356 g/mol. The molecule has 0 aliphatic rings. The van der Waals surface area contributed by atoms with Gasteiger partial charge in [-0.15, -0.1) is 0 Å². The van der Waals surface area contributed by atoms with Crippen molar-refractivity contribution in [1.82, 2.24) is 15.0 Å². The van der Waals surface area contributed by atoms with E-state index in [4.69, 9.17) is 11.6 Å². The number of carbonyl (C=O) groups excluding carboxylic acids is 1. The number of anilines is 1.